The van der Waals surface area contributed by atoms with Gasteiger partial charge < -0.3 is 4.31 Å². The van der Waals surface area contributed by atoms with Crippen molar-refractivity contribution in [1.29, 1.82) is 0 Å². The largest absolute Gasteiger partial charge is 0.316 e. The molecule has 0 radical (unpaired) electrons. The Balaban J connectivity index is 2.21. The van der Waals surface area contributed by atoms with Crippen molar-refractivity contribution in [2.24, 2.45) is 5.84 Å². The second kappa shape index (κ2) is 7.72. The first-order valence-electron chi connectivity index (χ1n) is 6.95. The minimum atomic E-state index is -0.343. The Kier molecular flexibility index (Phi) is 5.68. The summed E-state index contributed by atoms with van der Waals surface area (Å²) in [5, 5.41) is 0. The lowest BCUT2D eigenvalue weighted by Crippen LogP contribution is -2.30. The number of anilines is 1. The number of rotatable bonds is 6. The first-order valence-corrected chi connectivity index (χ1v) is 8.46. The molecule has 2 rings (SSSR count). The van der Waals surface area contributed by atoms with Gasteiger partial charge in [-0.1, -0.05) is 31.0 Å². The zero-order valence-electron chi connectivity index (χ0n) is 12.5. The molecule has 0 aliphatic carbocycles. The average Bonchev–Trinajstić information content (AvgIpc) is 2.59. The van der Waals surface area contributed by atoms with Gasteiger partial charge in [-0.2, -0.15) is 0 Å². The molecule has 0 saturated carbocycles. The van der Waals surface area contributed by atoms with Crippen molar-refractivity contribution in [3.05, 3.63) is 59.9 Å². The van der Waals surface area contributed by atoms with Gasteiger partial charge >= 0.3 is 0 Å². The lowest BCUT2D eigenvalue weighted by atomic mass is 10.2. The molecule has 1 heterocycles. The van der Waals surface area contributed by atoms with Gasteiger partial charge in [-0.05, 0) is 24.3 Å². The number of nitrogens with two attached hydrogens (primary N) is 1. The summed E-state index contributed by atoms with van der Waals surface area (Å²) in [5.41, 5.74) is 4.54. The van der Waals surface area contributed by atoms with Gasteiger partial charge in [0.25, 0.3) is 5.91 Å². The Bertz CT molecular complexity index is 643. The molecule has 1 amide bonds. The number of carbonyl (C=O) groups excluding carboxylic acids is 1. The summed E-state index contributed by atoms with van der Waals surface area (Å²) in [4.78, 5) is 15.8. The molecule has 0 fully saturated rings. The van der Waals surface area contributed by atoms with Crippen LogP contribution in [0.2, 0.25) is 0 Å². The number of aromatic nitrogens is 1. The van der Waals surface area contributed by atoms with E-state index in [9.17, 15) is 4.79 Å². The molecule has 22 heavy (non-hydrogen) atoms. The predicted molar refractivity (Wildman–Crippen MR) is 93.8 cm³/mol. The van der Waals surface area contributed by atoms with Crippen molar-refractivity contribution >= 4 is 28.1 Å². The maximum Gasteiger partial charge on any atom is 0.266 e. The van der Waals surface area contributed by atoms with Crippen molar-refractivity contribution in [2.45, 2.75) is 13.5 Å². The molecule has 3 N–H and O–H groups in total. The molecule has 0 saturated heterocycles. The van der Waals surface area contributed by atoms with Crippen LogP contribution < -0.4 is 15.6 Å². The van der Waals surface area contributed by atoms with E-state index in [-0.39, 0.29) is 16.6 Å². The van der Waals surface area contributed by atoms with Crippen LogP contribution in [-0.4, -0.2) is 22.5 Å². The third kappa shape index (κ3) is 3.93. The first kappa shape index (κ1) is 16.2. The average molecular weight is 316 g/mol. The molecule has 1 aromatic carbocycles. The number of nitrogen functional groups attached to an aromatic ring is 1. The van der Waals surface area contributed by atoms with Crippen molar-refractivity contribution in [2.75, 3.05) is 10.1 Å². The van der Waals surface area contributed by atoms with E-state index < -0.39 is 0 Å². The Labute approximate surface area is 133 Å². The van der Waals surface area contributed by atoms with Crippen molar-refractivity contribution < 1.29 is 4.79 Å². The van der Waals surface area contributed by atoms with Crippen LogP contribution in [0.1, 0.15) is 23.0 Å². The fourth-order valence-corrected chi connectivity index (χ4v) is 3.01. The van der Waals surface area contributed by atoms with Gasteiger partial charge in [0, 0.05) is 17.6 Å². The topological polar surface area (TPSA) is 71.2 Å². The van der Waals surface area contributed by atoms with Gasteiger partial charge in [0.2, 0.25) is 0 Å². The molecule has 1 atom stereocenters. The van der Waals surface area contributed by atoms with E-state index in [1.807, 2.05) is 24.3 Å². The van der Waals surface area contributed by atoms with Crippen LogP contribution in [0.3, 0.4) is 0 Å². The Morgan fingerprint density at radius 2 is 2.05 bits per heavy atom. The van der Waals surface area contributed by atoms with E-state index in [4.69, 9.17) is 5.84 Å². The van der Waals surface area contributed by atoms with Gasteiger partial charge in [0.15, 0.2) is 0 Å². The molecule has 0 spiro atoms. The summed E-state index contributed by atoms with van der Waals surface area (Å²) in [7, 11) is -0.138. The predicted octanol–water partition coefficient (Wildman–Crippen LogP) is 2.33. The Morgan fingerprint density at radius 1 is 1.32 bits per heavy atom. The second-order valence-electron chi connectivity index (χ2n) is 4.63. The van der Waals surface area contributed by atoms with Crippen LogP contribution in [0.5, 0.6) is 0 Å². The number of hydrogen-bond acceptors (Lipinski definition) is 4. The summed E-state index contributed by atoms with van der Waals surface area (Å²) >= 11 is 0. The third-order valence-corrected chi connectivity index (χ3v) is 4.84. The molecule has 6 heteroatoms. The molecular formula is C16H20N4OS. The van der Waals surface area contributed by atoms with E-state index in [1.165, 1.54) is 6.20 Å². The highest BCUT2D eigenvalue weighted by Crippen LogP contribution is 2.28. The highest BCUT2D eigenvalue weighted by molar-refractivity contribution is 8.15. The Hall–Kier alpha value is -2.18. The SMILES string of the molecule is C=S(CC)N(Cc1ccc(C(=O)NN)cn1)c1ccccc1. The minimum absolute atomic E-state index is 0.138. The van der Waals surface area contributed by atoms with Crippen molar-refractivity contribution in [3.63, 3.8) is 0 Å². The van der Waals surface area contributed by atoms with Gasteiger partial charge in [0.05, 0.1) is 17.8 Å². The molecule has 0 bridgehead atoms. The van der Waals surface area contributed by atoms with Crippen LogP contribution in [0.25, 0.3) is 0 Å². The Morgan fingerprint density at radius 3 is 2.59 bits per heavy atom. The number of nitrogens with zero attached hydrogens (tertiary/aromatic N) is 2. The van der Waals surface area contributed by atoms with Gasteiger partial charge in [-0.3, -0.25) is 15.2 Å². The van der Waals surface area contributed by atoms with E-state index >= 15 is 0 Å². The maximum atomic E-state index is 11.4. The van der Waals surface area contributed by atoms with Gasteiger partial charge in [-0.25, -0.2) is 5.84 Å². The summed E-state index contributed by atoms with van der Waals surface area (Å²) in [6.07, 6.45) is 1.54. The maximum absolute atomic E-state index is 11.4. The highest BCUT2D eigenvalue weighted by atomic mass is 32.2. The fraction of sp³-hybridized carbons (Fsp3) is 0.188. The fourth-order valence-electron chi connectivity index (χ4n) is 1.96. The standard InChI is InChI=1S/C16H20N4OS/c1-3-22(2)20(15-7-5-4-6-8-15)12-14-10-9-13(11-18-14)16(21)19-17/h4-11H,2-3,12,17H2,1H3,(H,19,21). The minimum Gasteiger partial charge on any atom is -0.316 e. The van der Waals surface area contributed by atoms with Crippen LogP contribution in [0.15, 0.2) is 48.7 Å². The molecule has 1 unspecified atom stereocenters. The number of para-hydroxylation sites is 1. The normalized spacial score (nSPS) is 11.7. The monoisotopic (exact) mass is 316 g/mol. The van der Waals surface area contributed by atoms with Crippen LogP contribution in [0, 0.1) is 0 Å². The van der Waals surface area contributed by atoms with E-state index in [0.717, 1.165) is 17.1 Å². The molecular weight excluding hydrogens is 296 g/mol. The number of benzene rings is 1. The number of pyridine rings is 1. The number of carbonyl (C=O) groups is 1. The van der Waals surface area contributed by atoms with E-state index in [0.29, 0.717) is 12.1 Å². The molecule has 2 aromatic rings. The van der Waals surface area contributed by atoms with Crippen molar-refractivity contribution in [1.82, 2.24) is 10.4 Å². The molecule has 116 valence electrons. The molecule has 0 aliphatic rings. The van der Waals surface area contributed by atoms with Gasteiger partial charge in [0.1, 0.15) is 0 Å². The lowest BCUT2D eigenvalue weighted by Gasteiger charge is -2.26. The molecule has 5 nitrogen and oxygen atoms in total. The van der Waals surface area contributed by atoms with Crippen LogP contribution in [0.4, 0.5) is 5.69 Å². The summed E-state index contributed by atoms with van der Waals surface area (Å²) in [5.74, 6) is 9.97. The van der Waals surface area contributed by atoms with Crippen LogP contribution >= 0.6 is 10.7 Å². The zero-order chi connectivity index (χ0) is 15.9. The van der Waals surface area contributed by atoms with Crippen LogP contribution in [-0.2, 0) is 6.54 Å². The smallest absolute Gasteiger partial charge is 0.266 e. The second-order valence-corrected chi connectivity index (χ2v) is 6.58. The summed E-state index contributed by atoms with van der Waals surface area (Å²) < 4.78 is 2.23. The highest BCUT2D eigenvalue weighted by Gasteiger charge is 2.11. The van der Waals surface area contributed by atoms with Gasteiger partial charge in [-0.15, -0.1) is 10.7 Å². The molecule has 1 aromatic heterocycles. The number of nitrogens with one attached hydrogen (secondary N) is 1. The number of hydrogen-bond donors (Lipinski definition) is 2. The van der Waals surface area contributed by atoms with E-state index in [2.05, 4.69) is 39.6 Å². The van der Waals surface area contributed by atoms with E-state index in [1.54, 1.807) is 6.07 Å². The lowest BCUT2D eigenvalue weighted by molar-refractivity contribution is 0.0953. The quantitative estimate of drug-likeness (QED) is 0.371. The third-order valence-electron chi connectivity index (χ3n) is 3.21. The molecule has 0 aliphatic heterocycles. The zero-order valence-corrected chi connectivity index (χ0v) is 13.3. The summed E-state index contributed by atoms with van der Waals surface area (Å²) in [6.45, 7) is 2.77. The number of hydrazine groups is 1. The first-order chi connectivity index (χ1) is 10.7. The summed E-state index contributed by atoms with van der Waals surface area (Å²) in [6, 6.07) is 13.7. The van der Waals surface area contributed by atoms with Crippen molar-refractivity contribution in [3.8, 4) is 0 Å². The number of amides is 1.